The molecule has 6 rings (SSSR count). The van der Waals surface area contributed by atoms with E-state index in [1.807, 2.05) is 48.5 Å². The van der Waals surface area contributed by atoms with Crippen LogP contribution in [0.25, 0.3) is 6.08 Å². The number of fused-ring (bicyclic) bond motifs is 3. The van der Waals surface area contributed by atoms with E-state index in [9.17, 15) is 14.4 Å². The van der Waals surface area contributed by atoms with Crippen molar-refractivity contribution < 1.29 is 14.4 Å². The normalized spacial score (nSPS) is 19.5. The van der Waals surface area contributed by atoms with Gasteiger partial charge in [-0.3, -0.25) is 14.4 Å². The lowest BCUT2D eigenvalue weighted by Gasteiger charge is -2.34. The molecule has 0 saturated heterocycles. The second kappa shape index (κ2) is 8.95. The molecule has 0 saturated carbocycles. The van der Waals surface area contributed by atoms with Crippen LogP contribution < -0.4 is 0 Å². The van der Waals surface area contributed by atoms with E-state index in [0.29, 0.717) is 32.3 Å². The topological polar surface area (TPSA) is 51.2 Å². The summed E-state index contributed by atoms with van der Waals surface area (Å²) in [5.74, 6) is -1.08. The van der Waals surface area contributed by atoms with Crippen LogP contribution in [0, 0.1) is 0 Å². The molecule has 5 heteroatoms. The molecule has 2 atom stereocenters. The van der Waals surface area contributed by atoms with Crippen LogP contribution in [0.1, 0.15) is 60.1 Å². The fraction of sp³-hybridized carbons (Fsp3) is 0.0938. The van der Waals surface area contributed by atoms with Crippen molar-refractivity contribution in [2.24, 2.45) is 0 Å². The third-order valence-corrected chi connectivity index (χ3v) is 7.98. The summed E-state index contributed by atoms with van der Waals surface area (Å²) in [6.45, 7) is 0. The first-order valence-corrected chi connectivity index (χ1v) is 12.7. The zero-order valence-electron chi connectivity index (χ0n) is 19.6. The summed E-state index contributed by atoms with van der Waals surface area (Å²) in [5, 5.41) is 1.06. The average molecular weight is 523 g/mol. The first-order chi connectivity index (χ1) is 17.9. The van der Waals surface area contributed by atoms with Gasteiger partial charge >= 0.3 is 0 Å². The van der Waals surface area contributed by atoms with Crippen LogP contribution in [0.2, 0.25) is 10.0 Å². The summed E-state index contributed by atoms with van der Waals surface area (Å²) in [4.78, 5) is 42.1. The van der Waals surface area contributed by atoms with E-state index < -0.39 is 11.3 Å². The van der Waals surface area contributed by atoms with Crippen molar-refractivity contribution in [1.82, 2.24) is 0 Å². The Morgan fingerprint density at radius 2 is 1.32 bits per heavy atom. The van der Waals surface area contributed by atoms with Crippen molar-refractivity contribution in [1.29, 1.82) is 0 Å². The zero-order valence-corrected chi connectivity index (χ0v) is 21.1. The van der Waals surface area contributed by atoms with Crippen LogP contribution in [-0.4, -0.2) is 17.3 Å². The fourth-order valence-electron chi connectivity index (χ4n) is 5.83. The molecule has 4 aromatic rings. The van der Waals surface area contributed by atoms with Gasteiger partial charge in [0.2, 0.25) is 0 Å². The molecule has 0 radical (unpaired) electrons. The lowest BCUT2D eigenvalue weighted by atomic mass is 9.64. The minimum Gasteiger partial charge on any atom is -0.294 e. The third kappa shape index (κ3) is 3.61. The number of benzene rings is 4. The summed E-state index contributed by atoms with van der Waals surface area (Å²) >= 11 is 12.1. The minimum absolute atomic E-state index is 0.0595. The minimum atomic E-state index is -1.31. The van der Waals surface area contributed by atoms with Crippen LogP contribution in [0.4, 0.5) is 0 Å². The molecule has 37 heavy (non-hydrogen) atoms. The highest BCUT2D eigenvalue weighted by Crippen LogP contribution is 2.59. The standard InChI is InChI=1S/C32H20Cl2O3/c33-22-13-9-19(10-14-22)29(35)18-27-24-6-2-3-7-25(24)31(37)32(27)26-8-4-1-5-21(26)17-28(32)30(36)20-11-15-23(34)16-12-20/h1-17,27H,18H2/t27-,32-/m0/s1. The number of halogens is 2. The van der Waals surface area contributed by atoms with Gasteiger partial charge in [-0.15, -0.1) is 0 Å². The summed E-state index contributed by atoms with van der Waals surface area (Å²) in [7, 11) is 0. The number of Topliss-reactive ketones (excluding diaryl/α,β-unsaturated/α-hetero) is 3. The Balaban J connectivity index is 1.55. The Labute approximate surface area is 224 Å². The van der Waals surface area contributed by atoms with Gasteiger partial charge in [-0.05, 0) is 71.3 Å². The Bertz CT molecular complexity index is 1620. The summed E-state index contributed by atoms with van der Waals surface area (Å²) in [6, 6.07) is 28.4. The van der Waals surface area contributed by atoms with Gasteiger partial charge < -0.3 is 0 Å². The van der Waals surface area contributed by atoms with E-state index in [1.165, 1.54) is 0 Å². The van der Waals surface area contributed by atoms with Gasteiger partial charge in [0.25, 0.3) is 0 Å². The molecule has 0 aliphatic heterocycles. The monoisotopic (exact) mass is 522 g/mol. The number of hydrogen-bond donors (Lipinski definition) is 0. The van der Waals surface area contributed by atoms with E-state index >= 15 is 0 Å². The molecule has 0 aromatic heterocycles. The largest absolute Gasteiger partial charge is 0.294 e. The molecule has 0 unspecified atom stereocenters. The predicted octanol–water partition coefficient (Wildman–Crippen LogP) is 7.76. The molecular formula is C32H20Cl2O3. The lowest BCUT2D eigenvalue weighted by molar-refractivity contribution is 0.0861. The van der Waals surface area contributed by atoms with Crippen LogP contribution in [0.3, 0.4) is 0 Å². The molecule has 0 amide bonds. The number of rotatable bonds is 5. The zero-order chi connectivity index (χ0) is 25.7. The highest BCUT2D eigenvalue weighted by Gasteiger charge is 2.60. The number of hydrogen-bond acceptors (Lipinski definition) is 3. The molecule has 0 fully saturated rings. The number of carbonyl (C=O) groups is 3. The maximum Gasteiger partial charge on any atom is 0.190 e. The lowest BCUT2D eigenvalue weighted by Crippen LogP contribution is -2.40. The van der Waals surface area contributed by atoms with Crippen LogP contribution in [-0.2, 0) is 5.41 Å². The average Bonchev–Trinajstić information content (AvgIpc) is 3.39. The van der Waals surface area contributed by atoms with Crippen molar-refractivity contribution in [3.63, 3.8) is 0 Å². The first kappa shape index (κ1) is 23.6. The predicted molar refractivity (Wildman–Crippen MR) is 146 cm³/mol. The number of allylic oxidation sites excluding steroid dienone is 1. The summed E-state index contributed by atoms with van der Waals surface area (Å²) in [6.07, 6.45) is 1.87. The summed E-state index contributed by atoms with van der Waals surface area (Å²) in [5.41, 5.74) is 2.91. The Morgan fingerprint density at radius 1 is 0.730 bits per heavy atom. The second-order valence-electron chi connectivity index (χ2n) is 9.39. The van der Waals surface area contributed by atoms with Crippen LogP contribution in [0.5, 0.6) is 0 Å². The van der Waals surface area contributed by atoms with E-state index in [1.54, 1.807) is 54.6 Å². The van der Waals surface area contributed by atoms with Crippen molar-refractivity contribution in [2.45, 2.75) is 17.8 Å². The Morgan fingerprint density at radius 3 is 2.03 bits per heavy atom. The molecule has 0 bridgehead atoms. The molecule has 2 aliphatic rings. The molecule has 180 valence electrons. The molecule has 0 heterocycles. The smallest absolute Gasteiger partial charge is 0.190 e. The first-order valence-electron chi connectivity index (χ1n) is 12.0. The van der Waals surface area contributed by atoms with E-state index in [0.717, 1.165) is 16.7 Å². The van der Waals surface area contributed by atoms with Gasteiger partial charge in [0, 0.05) is 44.6 Å². The van der Waals surface area contributed by atoms with Gasteiger partial charge in [-0.25, -0.2) is 0 Å². The second-order valence-corrected chi connectivity index (χ2v) is 10.3. The molecule has 2 aliphatic carbocycles. The van der Waals surface area contributed by atoms with Crippen molar-refractivity contribution in [3.8, 4) is 0 Å². The Hall–Kier alpha value is -3.79. The van der Waals surface area contributed by atoms with Gasteiger partial charge in [0.1, 0.15) is 0 Å². The Kier molecular flexibility index (Phi) is 5.71. The summed E-state index contributed by atoms with van der Waals surface area (Å²) < 4.78 is 0. The molecule has 4 aromatic carbocycles. The van der Waals surface area contributed by atoms with Crippen LogP contribution >= 0.6 is 23.2 Å². The van der Waals surface area contributed by atoms with Crippen molar-refractivity contribution in [3.05, 3.63) is 146 Å². The van der Waals surface area contributed by atoms with E-state index in [-0.39, 0.29) is 23.8 Å². The van der Waals surface area contributed by atoms with Crippen LogP contribution in [0.15, 0.2) is 103 Å². The van der Waals surface area contributed by atoms with E-state index in [4.69, 9.17) is 23.2 Å². The van der Waals surface area contributed by atoms with Gasteiger partial charge in [-0.1, -0.05) is 71.7 Å². The number of ketones is 3. The van der Waals surface area contributed by atoms with Crippen molar-refractivity contribution in [2.75, 3.05) is 0 Å². The highest BCUT2D eigenvalue weighted by atomic mass is 35.5. The molecule has 0 N–H and O–H groups in total. The third-order valence-electron chi connectivity index (χ3n) is 7.48. The van der Waals surface area contributed by atoms with Gasteiger partial charge in [-0.2, -0.15) is 0 Å². The van der Waals surface area contributed by atoms with Gasteiger partial charge in [0.15, 0.2) is 17.3 Å². The fourth-order valence-corrected chi connectivity index (χ4v) is 6.08. The number of carbonyl (C=O) groups excluding carboxylic acids is 3. The van der Waals surface area contributed by atoms with Crippen molar-refractivity contribution >= 4 is 46.6 Å². The maximum absolute atomic E-state index is 14.4. The SMILES string of the molecule is O=C(C[C@H]1c2ccccc2C(=O)[C@]12C(C(=O)c1ccc(Cl)cc1)=Cc1ccccc12)c1ccc(Cl)cc1. The maximum atomic E-state index is 14.4. The molecular weight excluding hydrogens is 503 g/mol. The van der Waals surface area contributed by atoms with Gasteiger partial charge in [0.05, 0.1) is 5.41 Å². The molecule has 3 nitrogen and oxygen atoms in total. The quantitative estimate of drug-likeness (QED) is 0.251. The molecule has 1 spiro atoms. The van der Waals surface area contributed by atoms with E-state index in [2.05, 4.69) is 0 Å². The highest BCUT2D eigenvalue weighted by molar-refractivity contribution is 6.31.